The van der Waals surface area contributed by atoms with Crippen LogP contribution in [-0.2, 0) is 17.8 Å². The number of rotatable bonds is 11. The Hall–Kier alpha value is -3.51. The molecular weight excluding hydrogens is 404 g/mol. The number of benzene rings is 3. The van der Waals surface area contributed by atoms with Gasteiger partial charge in [0.25, 0.3) is 5.91 Å². The second kappa shape index (κ2) is 11.8. The first-order valence-corrected chi connectivity index (χ1v) is 10.6. The van der Waals surface area contributed by atoms with Crippen molar-refractivity contribution >= 4 is 11.6 Å². The van der Waals surface area contributed by atoms with E-state index in [-0.39, 0.29) is 12.5 Å². The molecule has 6 heteroatoms. The molecule has 3 rings (SSSR count). The summed E-state index contributed by atoms with van der Waals surface area (Å²) in [6, 6.07) is 21.4. The molecule has 0 aliphatic heterocycles. The Bertz CT molecular complexity index is 1020. The molecular formula is C26H30N2O4. The van der Waals surface area contributed by atoms with Crippen molar-refractivity contribution in [2.75, 3.05) is 32.7 Å². The second-order valence-corrected chi connectivity index (χ2v) is 7.43. The third kappa shape index (κ3) is 6.75. The normalized spacial score (nSPS) is 10.5. The second-order valence-electron chi connectivity index (χ2n) is 7.43. The Balaban J connectivity index is 1.47. The number of amides is 1. The van der Waals surface area contributed by atoms with E-state index in [1.54, 1.807) is 14.2 Å². The van der Waals surface area contributed by atoms with Crippen molar-refractivity contribution < 1.29 is 19.0 Å². The van der Waals surface area contributed by atoms with Crippen LogP contribution in [0.1, 0.15) is 16.7 Å². The fourth-order valence-electron chi connectivity index (χ4n) is 3.26. The van der Waals surface area contributed by atoms with E-state index in [4.69, 9.17) is 14.2 Å². The molecule has 0 spiro atoms. The maximum atomic E-state index is 12.2. The molecule has 1 amide bonds. The van der Waals surface area contributed by atoms with Crippen molar-refractivity contribution in [2.45, 2.75) is 19.9 Å². The van der Waals surface area contributed by atoms with Crippen LogP contribution in [0, 0.1) is 6.92 Å². The van der Waals surface area contributed by atoms with E-state index < -0.39 is 0 Å². The molecule has 0 aliphatic carbocycles. The average molecular weight is 435 g/mol. The van der Waals surface area contributed by atoms with E-state index in [1.165, 1.54) is 0 Å². The van der Waals surface area contributed by atoms with E-state index in [0.29, 0.717) is 12.3 Å². The van der Waals surface area contributed by atoms with Crippen molar-refractivity contribution in [3.63, 3.8) is 0 Å². The fraction of sp³-hybridized carbons (Fsp3) is 0.269. The number of methoxy groups -OCH3 is 2. The van der Waals surface area contributed by atoms with Gasteiger partial charge in [0.05, 0.1) is 14.2 Å². The van der Waals surface area contributed by atoms with Gasteiger partial charge in [0, 0.05) is 17.8 Å². The van der Waals surface area contributed by atoms with E-state index in [1.807, 2.05) is 73.7 Å². The first-order valence-electron chi connectivity index (χ1n) is 10.6. The highest BCUT2D eigenvalue weighted by molar-refractivity contribution is 5.91. The van der Waals surface area contributed by atoms with Crippen LogP contribution in [0.4, 0.5) is 5.69 Å². The Morgan fingerprint density at radius 1 is 0.875 bits per heavy atom. The lowest BCUT2D eigenvalue weighted by Gasteiger charge is -2.13. The third-order valence-electron chi connectivity index (χ3n) is 5.02. The Labute approximate surface area is 189 Å². The third-order valence-corrected chi connectivity index (χ3v) is 5.02. The van der Waals surface area contributed by atoms with Crippen LogP contribution in [0.5, 0.6) is 17.2 Å². The highest BCUT2D eigenvalue weighted by Crippen LogP contribution is 2.27. The van der Waals surface area contributed by atoms with Crippen LogP contribution in [0.2, 0.25) is 0 Å². The van der Waals surface area contributed by atoms with Crippen molar-refractivity contribution in [3.05, 3.63) is 83.4 Å². The Morgan fingerprint density at radius 2 is 1.62 bits per heavy atom. The number of hydrogen-bond donors (Lipinski definition) is 2. The molecule has 0 unspecified atom stereocenters. The van der Waals surface area contributed by atoms with Gasteiger partial charge in [0.1, 0.15) is 5.75 Å². The van der Waals surface area contributed by atoms with Gasteiger partial charge >= 0.3 is 0 Å². The van der Waals surface area contributed by atoms with Crippen LogP contribution in [0.25, 0.3) is 0 Å². The van der Waals surface area contributed by atoms with Crippen LogP contribution in [0.3, 0.4) is 0 Å². The number of nitrogens with one attached hydrogen (secondary N) is 2. The summed E-state index contributed by atoms with van der Waals surface area (Å²) in [7, 11) is 3.27. The highest BCUT2D eigenvalue weighted by atomic mass is 16.5. The molecule has 3 aromatic rings. The number of para-hydroxylation sites is 1. The number of anilines is 1. The molecule has 0 radical (unpaired) electrons. The van der Waals surface area contributed by atoms with Gasteiger partial charge in [-0.25, -0.2) is 0 Å². The maximum Gasteiger partial charge on any atom is 0.262 e. The lowest BCUT2D eigenvalue weighted by Crippen LogP contribution is -2.21. The van der Waals surface area contributed by atoms with Gasteiger partial charge in [-0.2, -0.15) is 0 Å². The monoisotopic (exact) mass is 434 g/mol. The molecule has 0 heterocycles. The minimum atomic E-state index is -0.190. The summed E-state index contributed by atoms with van der Waals surface area (Å²) in [5, 5.41) is 6.28. The van der Waals surface area contributed by atoms with Gasteiger partial charge in [-0.1, -0.05) is 42.0 Å². The largest absolute Gasteiger partial charge is 0.493 e. The summed E-state index contributed by atoms with van der Waals surface area (Å²) >= 11 is 0. The smallest absolute Gasteiger partial charge is 0.262 e. The van der Waals surface area contributed by atoms with E-state index in [0.717, 1.165) is 46.8 Å². The molecule has 2 N–H and O–H groups in total. The molecule has 32 heavy (non-hydrogen) atoms. The van der Waals surface area contributed by atoms with Crippen molar-refractivity contribution in [3.8, 4) is 17.2 Å². The molecule has 0 atom stereocenters. The number of aryl methyl sites for hydroxylation is 1. The molecule has 0 bridgehead atoms. The molecule has 0 fully saturated rings. The predicted octanol–water partition coefficient (Wildman–Crippen LogP) is 4.36. The zero-order chi connectivity index (χ0) is 22.8. The minimum Gasteiger partial charge on any atom is -0.493 e. The summed E-state index contributed by atoms with van der Waals surface area (Å²) in [4.78, 5) is 12.2. The lowest BCUT2D eigenvalue weighted by atomic mass is 10.1. The van der Waals surface area contributed by atoms with Crippen molar-refractivity contribution in [2.24, 2.45) is 0 Å². The van der Waals surface area contributed by atoms with E-state index in [2.05, 4.69) is 10.6 Å². The van der Waals surface area contributed by atoms with Crippen molar-refractivity contribution in [1.82, 2.24) is 5.32 Å². The van der Waals surface area contributed by atoms with Gasteiger partial charge < -0.3 is 24.8 Å². The number of ether oxygens (including phenoxy) is 3. The predicted molar refractivity (Wildman–Crippen MR) is 127 cm³/mol. The van der Waals surface area contributed by atoms with Crippen LogP contribution < -0.4 is 24.8 Å². The first kappa shape index (κ1) is 23.2. The minimum absolute atomic E-state index is 0.0451. The summed E-state index contributed by atoms with van der Waals surface area (Å²) < 4.78 is 16.4. The van der Waals surface area contributed by atoms with Gasteiger partial charge in [0.2, 0.25) is 0 Å². The van der Waals surface area contributed by atoms with E-state index in [9.17, 15) is 4.79 Å². The van der Waals surface area contributed by atoms with Crippen LogP contribution >= 0.6 is 0 Å². The van der Waals surface area contributed by atoms with Gasteiger partial charge in [-0.3, -0.25) is 4.79 Å². The zero-order valence-electron chi connectivity index (χ0n) is 18.8. The summed E-state index contributed by atoms with van der Waals surface area (Å²) in [6.07, 6.45) is 0.850. The van der Waals surface area contributed by atoms with Gasteiger partial charge in [-0.15, -0.1) is 0 Å². The topological polar surface area (TPSA) is 68.8 Å². The standard InChI is InChI=1S/C26H30N2O4/c1-19-8-11-22(12-9-19)28-26(29)18-32-23-7-5-4-6-21(23)17-27-15-14-20-10-13-24(30-2)25(16-20)31-3/h4-13,16,27H,14-15,17-18H2,1-3H3,(H,28,29). The lowest BCUT2D eigenvalue weighted by molar-refractivity contribution is -0.118. The number of carbonyl (C=O) groups is 1. The molecule has 0 saturated carbocycles. The Kier molecular flexibility index (Phi) is 8.52. The molecule has 0 aromatic heterocycles. The number of carbonyl (C=O) groups excluding carboxylic acids is 1. The SMILES string of the molecule is COc1ccc(CCNCc2ccccc2OCC(=O)Nc2ccc(C)cc2)cc1OC. The van der Waals surface area contributed by atoms with Gasteiger partial charge in [-0.05, 0) is 55.8 Å². The fourth-order valence-corrected chi connectivity index (χ4v) is 3.26. The summed E-state index contributed by atoms with van der Waals surface area (Å²) in [6.45, 7) is 3.39. The highest BCUT2D eigenvalue weighted by Gasteiger charge is 2.08. The van der Waals surface area contributed by atoms with E-state index >= 15 is 0 Å². The maximum absolute atomic E-state index is 12.2. The Morgan fingerprint density at radius 3 is 2.38 bits per heavy atom. The average Bonchev–Trinajstić information content (AvgIpc) is 2.82. The zero-order valence-corrected chi connectivity index (χ0v) is 18.8. The molecule has 168 valence electrons. The molecule has 3 aromatic carbocycles. The first-order chi connectivity index (χ1) is 15.6. The molecule has 6 nitrogen and oxygen atoms in total. The molecule has 0 saturated heterocycles. The summed E-state index contributed by atoms with van der Waals surface area (Å²) in [5.74, 6) is 1.96. The van der Waals surface area contributed by atoms with Crippen LogP contribution in [0.15, 0.2) is 66.7 Å². The van der Waals surface area contributed by atoms with Gasteiger partial charge in [0.15, 0.2) is 18.1 Å². The van der Waals surface area contributed by atoms with Crippen LogP contribution in [-0.4, -0.2) is 33.3 Å². The van der Waals surface area contributed by atoms with Crippen molar-refractivity contribution in [1.29, 1.82) is 0 Å². The summed E-state index contributed by atoms with van der Waals surface area (Å²) in [5.41, 5.74) is 4.07. The quantitative estimate of drug-likeness (QED) is 0.439. The number of hydrogen-bond acceptors (Lipinski definition) is 5. The molecule has 0 aliphatic rings.